The van der Waals surface area contributed by atoms with Crippen LogP contribution in [0.2, 0.25) is 0 Å². The van der Waals surface area contributed by atoms with Gasteiger partial charge in [0.25, 0.3) is 0 Å². The molecule has 2 N–H and O–H groups in total. The van der Waals surface area contributed by atoms with Gasteiger partial charge in [0.15, 0.2) is 0 Å². The molecule has 0 atom stereocenters. The largest absolute Gasteiger partial charge is 2.00 e. The monoisotopic (exact) mass is 661 g/mol. The molecule has 0 spiro atoms. The number of aliphatic carboxylic acids is 2. The number of hydrogen-bond donors (Lipinski definition) is 2. The molecule has 0 aliphatic rings. The molecule has 0 amide bonds. The van der Waals surface area contributed by atoms with E-state index in [1.54, 1.807) is 12.4 Å². The Morgan fingerprint density at radius 3 is 1.29 bits per heavy atom. The van der Waals surface area contributed by atoms with Crippen molar-refractivity contribution in [2.45, 2.75) is 82.1 Å². The van der Waals surface area contributed by atoms with Crippen LogP contribution in [0.1, 0.15) is 88.8 Å². The summed E-state index contributed by atoms with van der Waals surface area (Å²) in [5.74, 6) is -1.65. The van der Waals surface area contributed by atoms with Crippen molar-refractivity contribution >= 4 is 35.7 Å². The van der Waals surface area contributed by atoms with E-state index in [1.165, 1.54) is 11.1 Å². The number of aromatic hydroxyl groups is 2. The number of carboxylic acid groups (broad SMARTS) is 2. The van der Waals surface area contributed by atoms with E-state index in [1.807, 2.05) is 62.4 Å². The van der Waals surface area contributed by atoms with E-state index in [-0.39, 0.29) is 39.1 Å². The average Bonchev–Trinajstić information content (AvgIpc) is 2.84. The van der Waals surface area contributed by atoms with Gasteiger partial charge in [-0.15, -0.1) is 0 Å². The van der Waals surface area contributed by atoms with Crippen LogP contribution >= 0.6 is 0 Å². The number of hydrogen-bond acceptors (Lipinski definition) is 8. The molecule has 45 heavy (non-hydrogen) atoms. The first-order valence-corrected chi connectivity index (χ1v) is 14.3. The van der Waals surface area contributed by atoms with Crippen LogP contribution in [0.15, 0.2) is 58.5 Å². The van der Waals surface area contributed by atoms with E-state index < -0.39 is 11.9 Å². The summed E-state index contributed by atoms with van der Waals surface area (Å²) < 4.78 is 0. The Morgan fingerprint density at radius 1 is 0.689 bits per heavy atom. The molecule has 0 bridgehead atoms. The van der Waals surface area contributed by atoms with Crippen LogP contribution in [0.5, 0.6) is 11.5 Å². The third-order valence-electron chi connectivity index (χ3n) is 5.78. The van der Waals surface area contributed by atoms with Crippen LogP contribution < -0.4 is 10.2 Å². The summed E-state index contributed by atoms with van der Waals surface area (Å²) in [7, 11) is 0. The fourth-order valence-electron chi connectivity index (χ4n) is 4.34. The number of rotatable bonds is 6. The van der Waals surface area contributed by atoms with Gasteiger partial charge >= 0.3 is 16.8 Å². The first-order valence-electron chi connectivity index (χ1n) is 14.3. The van der Waals surface area contributed by atoms with Gasteiger partial charge in [0.2, 0.25) is 0 Å². The van der Waals surface area contributed by atoms with E-state index in [0.29, 0.717) is 11.1 Å². The van der Waals surface area contributed by atoms with Crippen LogP contribution in [0.4, 0.5) is 11.4 Å². The zero-order chi connectivity index (χ0) is 33.8. The number of phenolic OH excluding ortho intramolecular Hbond substituents is 2. The summed E-state index contributed by atoms with van der Waals surface area (Å²) in [4.78, 5) is 27.0. The molecular formula is C36H46CoN2O6. The second-order valence-corrected chi connectivity index (χ2v) is 13.2. The van der Waals surface area contributed by atoms with Crippen molar-refractivity contribution in [3.8, 4) is 11.5 Å². The van der Waals surface area contributed by atoms with Gasteiger partial charge in [-0.3, -0.25) is 9.98 Å². The van der Waals surface area contributed by atoms with Crippen molar-refractivity contribution < 1.29 is 46.8 Å². The molecule has 0 aliphatic carbocycles. The zero-order valence-electron chi connectivity index (χ0n) is 27.9. The zero-order valence-corrected chi connectivity index (χ0v) is 29.0. The molecule has 9 heteroatoms. The molecule has 0 aromatic heterocycles. The van der Waals surface area contributed by atoms with Crippen LogP contribution in [0.3, 0.4) is 0 Å². The topological polar surface area (TPSA) is 145 Å². The second kappa shape index (κ2) is 18.1. The van der Waals surface area contributed by atoms with E-state index in [9.17, 15) is 10.2 Å². The van der Waals surface area contributed by atoms with Gasteiger partial charge < -0.3 is 30.0 Å². The number of carboxylic acids is 2. The maximum atomic E-state index is 10.6. The molecule has 0 heterocycles. The number of aryl methyl sites for hydroxylation is 2. The summed E-state index contributed by atoms with van der Waals surface area (Å²) in [6, 6.07) is 15.7. The second-order valence-electron chi connectivity index (χ2n) is 13.2. The maximum absolute atomic E-state index is 10.6. The van der Waals surface area contributed by atoms with Crippen molar-refractivity contribution in [2.75, 3.05) is 0 Å². The Morgan fingerprint density at radius 2 is 1.00 bits per heavy atom. The Labute approximate surface area is 278 Å². The van der Waals surface area contributed by atoms with Gasteiger partial charge in [-0.1, -0.05) is 59.7 Å². The first-order chi connectivity index (χ1) is 20.2. The van der Waals surface area contributed by atoms with Crippen molar-refractivity contribution in [2.24, 2.45) is 20.8 Å². The Bertz CT molecular complexity index is 1380. The SMILES string of the molecule is CC(=O)[O-].CC(=O)[O-].Cc1cc(CC(C)(C)C)cc(C=Nc2cccc(N=Cc3cc(CC(C)(C)C)cc(C)c3O)c2)c1O.[Co+2]. The molecule has 245 valence electrons. The predicted octanol–water partition coefficient (Wildman–Crippen LogP) is 5.90. The number of nitrogens with zero attached hydrogens (tertiary/aromatic N) is 2. The van der Waals surface area contributed by atoms with Crippen LogP contribution in [-0.4, -0.2) is 34.6 Å². The molecule has 3 aromatic rings. The van der Waals surface area contributed by atoms with Crippen LogP contribution in [0.25, 0.3) is 0 Å². The minimum atomic E-state index is -1.08. The average molecular weight is 662 g/mol. The van der Waals surface area contributed by atoms with Gasteiger partial charge in [0.1, 0.15) is 11.5 Å². The number of carbonyl (C=O) groups is 2. The Balaban J connectivity index is 0.00000192. The van der Waals surface area contributed by atoms with Crippen LogP contribution in [0, 0.1) is 24.7 Å². The summed E-state index contributed by atoms with van der Waals surface area (Å²) in [5.41, 5.74) is 7.27. The third kappa shape index (κ3) is 17.2. The van der Waals surface area contributed by atoms with Gasteiger partial charge in [-0.2, -0.15) is 0 Å². The van der Waals surface area contributed by atoms with E-state index in [0.717, 1.165) is 49.2 Å². The van der Waals surface area contributed by atoms with E-state index in [4.69, 9.17) is 19.8 Å². The molecule has 0 saturated heterocycles. The standard InChI is InChI=1S/C32H40N2O2.2C2H4O2.Co/c1-21-12-23(17-31(3,4)5)14-25(29(21)35)19-33-27-10-9-11-28(16-27)34-20-26-15-24(18-32(6,7)8)13-22(2)30(26)36;2*1-2(3)4;/h9-16,19-20,35-36H,17-18H2,1-8H3;2*1H3,(H,3,4);/q;;;+2/p-2. The normalized spacial score (nSPS) is 11.2. The predicted molar refractivity (Wildman–Crippen MR) is 174 cm³/mol. The fourth-order valence-corrected chi connectivity index (χ4v) is 4.34. The number of phenols is 2. The summed E-state index contributed by atoms with van der Waals surface area (Å²) in [6.07, 6.45) is 5.26. The summed E-state index contributed by atoms with van der Waals surface area (Å²) in [5, 5.41) is 38.9. The molecule has 0 unspecified atom stereocenters. The molecule has 3 aromatic carbocycles. The van der Waals surface area contributed by atoms with Crippen molar-refractivity contribution in [3.63, 3.8) is 0 Å². The van der Waals surface area contributed by atoms with Crippen molar-refractivity contribution in [3.05, 3.63) is 81.9 Å². The van der Waals surface area contributed by atoms with Gasteiger partial charge in [-0.25, -0.2) is 0 Å². The Kier molecular flexibility index (Phi) is 16.5. The molecule has 3 rings (SSSR count). The minimum Gasteiger partial charge on any atom is -0.550 e. The van der Waals surface area contributed by atoms with Gasteiger partial charge in [-0.05, 0) is 104 Å². The Hall–Kier alpha value is -3.95. The third-order valence-corrected chi connectivity index (χ3v) is 5.78. The van der Waals surface area contributed by atoms with Crippen molar-refractivity contribution in [1.82, 2.24) is 0 Å². The molecule has 0 aliphatic heterocycles. The molecule has 0 saturated carbocycles. The van der Waals surface area contributed by atoms with Gasteiger partial charge in [0, 0.05) is 35.5 Å². The van der Waals surface area contributed by atoms with Crippen molar-refractivity contribution in [1.29, 1.82) is 0 Å². The molecule has 0 fully saturated rings. The first kappa shape index (κ1) is 41.0. The summed E-state index contributed by atoms with van der Waals surface area (Å²) >= 11 is 0. The number of aliphatic imine (C=N–C) groups is 2. The maximum Gasteiger partial charge on any atom is 2.00 e. The number of benzene rings is 3. The van der Waals surface area contributed by atoms with E-state index >= 15 is 0 Å². The minimum absolute atomic E-state index is 0. The summed E-state index contributed by atoms with van der Waals surface area (Å²) in [6.45, 7) is 19.0. The number of carbonyl (C=O) groups excluding carboxylic acids is 2. The molecule has 1 radical (unpaired) electrons. The molecule has 8 nitrogen and oxygen atoms in total. The fraction of sp³-hybridized carbons (Fsp3) is 0.389. The smallest absolute Gasteiger partial charge is 0.550 e. The van der Waals surface area contributed by atoms with E-state index in [2.05, 4.69) is 51.5 Å². The molecular weight excluding hydrogens is 615 g/mol. The quantitative estimate of drug-likeness (QED) is 0.315. The van der Waals surface area contributed by atoms with Gasteiger partial charge in [0.05, 0.1) is 11.4 Å². The van der Waals surface area contributed by atoms with Crippen LogP contribution in [-0.2, 0) is 39.2 Å².